The molecule has 0 aliphatic heterocycles. The molecule has 192 valence electrons. The fourth-order valence-electron chi connectivity index (χ4n) is 4.14. The number of rotatable bonds is 8. The molecule has 1 aromatic heterocycles. The third-order valence-corrected chi connectivity index (χ3v) is 5.86. The third kappa shape index (κ3) is 5.11. The molecular weight excluding hydrogens is 476 g/mol. The van der Waals surface area contributed by atoms with Crippen LogP contribution in [0.2, 0.25) is 0 Å². The minimum Gasteiger partial charge on any atom is -0.496 e. The number of halogens is 2. The average molecular weight is 504 g/mol. The summed E-state index contributed by atoms with van der Waals surface area (Å²) in [5, 5.41) is 7.10. The van der Waals surface area contributed by atoms with Gasteiger partial charge >= 0.3 is 11.7 Å². The highest BCUT2D eigenvalue weighted by Crippen LogP contribution is 2.40. The third-order valence-electron chi connectivity index (χ3n) is 5.86. The standard InChI is InChI=1S/C24H27F2N5O5/c1-4-5-11-18(26)20(14-25)30-24(34)31(28-27-30)23(33)29(16-9-7-6-8-10-16)19-12-13-21(35-2)17(15-32)22(19)36-3/h4-5,11-16H,6-10H2,1-3H3/b5-4-,18-11+,20-14-. The number of methoxy groups -OCH3 is 2. The molecule has 2 aromatic rings. The summed E-state index contributed by atoms with van der Waals surface area (Å²) in [4.78, 5) is 39.9. The van der Waals surface area contributed by atoms with Crippen LogP contribution in [0.4, 0.5) is 19.3 Å². The van der Waals surface area contributed by atoms with Crippen LogP contribution in [0.3, 0.4) is 0 Å². The maximum Gasteiger partial charge on any atom is 0.377 e. The van der Waals surface area contributed by atoms with Crippen molar-refractivity contribution < 1.29 is 27.8 Å². The Kier molecular flexibility index (Phi) is 8.87. The summed E-state index contributed by atoms with van der Waals surface area (Å²) in [5.41, 5.74) is -1.68. The zero-order chi connectivity index (χ0) is 26.2. The van der Waals surface area contributed by atoms with Crippen molar-refractivity contribution in [2.45, 2.75) is 45.1 Å². The maximum absolute atomic E-state index is 14.4. The first-order valence-corrected chi connectivity index (χ1v) is 11.3. The van der Waals surface area contributed by atoms with Crippen LogP contribution in [0.5, 0.6) is 11.5 Å². The Bertz CT molecular complexity index is 1260. The van der Waals surface area contributed by atoms with Gasteiger partial charge in [-0.2, -0.15) is 4.68 Å². The molecule has 0 atom stereocenters. The molecule has 1 amide bonds. The number of hydrogen-bond acceptors (Lipinski definition) is 7. The van der Waals surface area contributed by atoms with Crippen molar-refractivity contribution in [2.75, 3.05) is 19.1 Å². The second kappa shape index (κ2) is 12.0. The van der Waals surface area contributed by atoms with Crippen molar-refractivity contribution in [3.05, 3.63) is 58.6 Å². The van der Waals surface area contributed by atoms with E-state index in [1.165, 1.54) is 37.3 Å². The van der Waals surface area contributed by atoms with E-state index in [-0.39, 0.29) is 35.1 Å². The van der Waals surface area contributed by atoms with E-state index >= 15 is 0 Å². The van der Waals surface area contributed by atoms with Crippen LogP contribution in [0.15, 0.2) is 47.3 Å². The van der Waals surface area contributed by atoms with E-state index in [1.807, 2.05) is 0 Å². The number of tetrazole rings is 1. The molecule has 1 aromatic carbocycles. The van der Waals surface area contributed by atoms with Crippen LogP contribution in [-0.2, 0) is 0 Å². The van der Waals surface area contributed by atoms with E-state index in [4.69, 9.17) is 9.47 Å². The van der Waals surface area contributed by atoms with Gasteiger partial charge in [0.2, 0.25) is 0 Å². The molecule has 36 heavy (non-hydrogen) atoms. The summed E-state index contributed by atoms with van der Waals surface area (Å²) >= 11 is 0. The van der Waals surface area contributed by atoms with Gasteiger partial charge in [-0.3, -0.25) is 9.69 Å². The highest BCUT2D eigenvalue weighted by atomic mass is 19.1. The summed E-state index contributed by atoms with van der Waals surface area (Å²) in [7, 11) is 2.73. The van der Waals surface area contributed by atoms with Crippen molar-refractivity contribution in [2.24, 2.45) is 0 Å². The smallest absolute Gasteiger partial charge is 0.377 e. The van der Waals surface area contributed by atoms with Gasteiger partial charge in [-0.25, -0.2) is 18.4 Å². The number of benzene rings is 1. The van der Waals surface area contributed by atoms with Crippen LogP contribution < -0.4 is 20.1 Å². The lowest BCUT2D eigenvalue weighted by atomic mass is 9.93. The van der Waals surface area contributed by atoms with Crippen molar-refractivity contribution in [3.63, 3.8) is 0 Å². The van der Waals surface area contributed by atoms with E-state index < -0.39 is 23.2 Å². The van der Waals surface area contributed by atoms with Gasteiger partial charge in [0.05, 0.1) is 19.9 Å². The van der Waals surface area contributed by atoms with Crippen molar-refractivity contribution >= 4 is 23.7 Å². The number of hydrogen-bond donors (Lipinski definition) is 0. The quantitative estimate of drug-likeness (QED) is 0.301. The van der Waals surface area contributed by atoms with Gasteiger partial charge < -0.3 is 9.47 Å². The second-order valence-corrected chi connectivity index (χ2v) is 7.92. The Morgan fingerprint density at radius 2 is 1.83 bits per heavy atom. The van der Waals surface area contributed by atoms with E-state index in [1.54, 1.807) is 13.0 Å². The van der Waals surface area contributed by atoms with Gasteiger partial charge in [-0.15, -0.1) is 4.68 Å². The molecule has 12 heteroatoms. The molecule has 10 nitrogen and oxygen atoms in total. The van der Waals surface area contributed by atoms with Crippen LogP contribution in [0, 0.1) is 0 Å². The minimum absolute atomic E-state index is 0.0772. The first-order chi connectivity index (χ1) is 17.4. The first kappa shape index (κ1) is 26.5. The van der Waals surface area contributed by atoms with Crippen LogP contribution in [0.1, 0.15) is 49.4 Å². The molecular formula is C24H27F2N5O5. The van der Waals surface area contributed by atoms with Crippen molar-refractivity contribution in [3.8, 4) is 11.5 Å². The van der Waals surface area contributed by atoms with E-state index in [0.29, 0.717) is 28.5 Å². The zero-order valence-electron chi connectivity index (χ0n) is 20.2. The Labute approximate surface area is 206 Å². The topological polar surface area (TPSA) is 109 Å². The predicted molar refractivity (Wildman–Crippen MR) is 129 cm³/mol. The largest absolute Gasteiger partial charge is 0.496 e. The lowest BCUT2D eigenvalue weighted by molar-refractivity contribution is 0.111. The molecule has 0 N–H and O–H groups in total. The molecule has 1 saturated carbocycles. The number of nitrogens with zero attached hydrogens (tertiary/aromatic N) is 5. The number of amides is 1. The number of ether oxygens (including phenoxy) is 2. The van der Waals surface area contributed by atoms with Gasteiger partial charge in [0.25, 0.3) is 0 Å². The molecule has 0 saturated heterocycles. The molecule has 0 bridgehead atoms. The molecule has 1 aliphatic rings. The Balaban J connectivity index is 2.15. The monoisotopic (exact) mass is 503 g/mol. The van der Waals surface area contributed by atoms with Crippen molar-refractivity contribution in [1.29, 1.82) is 0 Å². The summed E-state index contributed by atoms with van der Waals surface area (Å²) in [6.07, 6.45) is 8.07. The normalized spacial score (nSPS) is 15.2. The first-order valence-electron chi connectivity index (χ1n) is 11.3. The summed E-state index contributed by atoms with van der Waals surface area (Å²) < 4.78 is 39.4. The zero-order valence-corrected chi connectivity index (χ0v) is 20.2. The molecule has 1 aliphatic carbocycles. The minimum atomic E-state index is -1.17. The summed E-state index contributed by atoms with van der Waals surface area (Å²) in [5.74, 6) is -0.770. The Hall–Kier alpha value is -4.09. The Morgan fingerprint density at radius 1 is 1.14 bits per heavy atom. The SMILES string of the molecule is C\C=C/C=C(F)\C(=C\F)n1nnn(C(=O)N(c2ccc(OC)c(C=O)c2OC)C2CCCCC2)c1=O. The fraction of sp³-hybridized carbons (Fsp3) is 0.375. The molecule has 0 radical (unpaired) electrons. The van der Waals surface area contributed by atoms with Crippen LogP contribution in [-0.4, -0.2) is 52.4 Å². The van der Waals surface area contributed by atoms with E-state index in [9.17, 15) is 23.2 Å². The number of aromatic nitrogens is 4. The van der Waals surface area contributed by atoms with Gasteiger partial charge in [0, 0.05) is 6.04 Å². The number of carbonyl (C=O) groups excluding carboxylic acids is 2. The molecule has 1 fully saturated rings. The molecule has 0 spiro atoms. The van der Waals surface area contributed by atoms with Gasteiger partial charge in [-0.1, -0.05) is 31.4 Å². The second-order valence-electron chi connectivity index (χ2n) is 7.92. The highest BCUT2D eigenvalue weighted by molar-refractivity contribution is 5.98. The van der Waals surface area contributed by atoms with Gasteiger partial charge in [-0.05, 0) is 48.4 Å². The Morgan fingerprint density at radius 3 is 2.42 bits per heavy atom. The van der Waals surface area contributed by atoms with Gasteiger partial charge in [0.15, 0.2) is 17.9 Å². The molecule has 3 rings (SSSR count). The van der Waals surface area contributed by atoms with Crippen LogP contribution >= 0.6 is 0 Å². The lowest BCUT2D eigenvalue weighted by Crippen LogP contribution is -2.47. The fourth-order valence-corrected chi connectivity index (χ4v) is 4.14. The van der Waals surface area contributed by atoms with Crippen LogP contribution in [0.25, 0.3) is 5.70 Å². The summed E-state index contributed by atoms with van der Waals surface area (Å²) in [6, 6.07) is 1.79. The number of aldehydes is 1. The summed E-state index contributed by atoms with van der Waals surface area (Å²) in [6.45, 7) is 1.63. The van der Waals surface area contributed by atoms with E-state index in [2.05, 4.69) is 10.4 Å². The average Bonchev–Trinajstić information content (AvgIpc) is 3.28. The lowest BCUT2D eigenvalue weighted by Gasteiger charge is -2.34. The number of anilines is 1. The molecule has 1 heterocycles. The predicted octanol–water partition coefficient (Wildman–Crippen LogP) is 4.27. The molecule has 0 unspecified atom stereocenters. The highest BCUT2D eigenvalue weighted by Gasteiger charge is 2.34. The maximum atomic E-state index is 14.4. The van der Waals surface area contributed by atoms with Gasteiger partial charge in [0.1, 0.15) is 23.3 Å². The van der Waals surface area contributed by atoms with E-state index in [0.717, 1.165) is 25.3 Å². The van der Waals surface area contributed by atoms with Crippen molar-refractivity contribution in [1.82, 2.24) is 19.8 Å². The number of carbonyl (C=O) groups is 2. The number of allylic oxidation sites excluding steroid dienone is 5.